The molecule has 6 heteroatoms. The smallest absolute Gasteiger partial charge is 0.261 e. The number of aryl methyl sites for hydroxylation is 1. The molecule has 2 rings (SSSR count). The van der Waals surface area contributed by atoms with Crippen molar-refractivity contribution in [1.82, 2.24) is 5.48 Å². The molecule has 0 spiro atoms. The fraction of sp³-hybridized carbons (Fsp3) is 0.318. The lowest BCUT2D eigenvalue weighted by molar-refractivity contribution is -0.128. The van der Waals surface area contributed by atoms with Crippen LogP contribution in [0.25, 0.3) is 0 Å². The predicted molar refractivity (Wildman–Crippen MR) is 110 cm³/mol. The van der Waals surface area contributed by atoms with Crippen LogP contribution in [0.4, 0.5) is 0 Å². The molecule has 0 fully saturated rings. The molecule has 0 aliphatic rings. The second-order valence-electron chi connectivity index (χ2n) is 6.71. The molecule has 1 amide bonds. The Morgan fingerprint density at radius 2 is 1.57 bits per heavy atom. The third-order valence-corrected chi connectivity index (χ3v) is 5.91. The van der Waals surface area contributed by atoms with Crippen LogP contribution in [0.5, 0.6) is 0 Å². The van der Waals surface area contributed by atoms with Crippen molar-refractivity contribution in [3.8, 4) is 11.8 Å². The van der Waals surface area contributed by atoms with Crippen molar-refractivity contribution in [2.45, 2.75) is 37.4 Å². The number of unbranched alkanes of at least 4 members (excludes halogenated alkanes) is 2. The quantitative estimate of drug-likeness (QED) is 0.309. The summed E-state index contributed by atoms with van der Waals surface area (Å²) in [5, 5.41) is 7.48. The van der Waals surface area contributed by atoms with E-state index in [1.54, 1.807) is 0 Å². The number of carbonyl (C=O) groups is 1. The van der Waals surface area contributed by atoms with Gasteiger partial charge in [0.25, 0.3) is 5.91 Å². The number of rotatable bonds is 8. The minimum absolute atomic E-state index is 0.208. The first kappa shape index (κ1) is 21.7. The van der Waals surface area contributed by atoms with E-state index in [9.17, 15) is 13.2 Å². The van der Waals surface area contributed by atoms with Crippen molar-refractivity contribution < 1.29 is 18.4 Å². The van der Waals surface area contributed by atoms with Crippen molar-refractivity contribution >= 4 is 15.7 Å². The second kappa shape index (κ2) is 10.6. The Hall–Kier alpha value is -2.62. The summed E-state index contributed by atoms with van der Waals surface area (Å²) in [6.45, 7) is 0. The van der Waals surface area contributed by atoms with Crippen LogP contribution < -0.4 is 5.48 Å². The van der Waals surface area contributed by atoms with E-state index in [1.807, 2.05) is 54.6 Å². The van der Waals surface area contributed by atoms with E-state index in [2.05, 4.69) is 11.8 Å². The fourth-order valence-electron chi connectivity index (χ4n) is 2.87. The lowest BCUT2D eigenvalue weighted by Crippen LogP contribution is -2.37. The van der Waals surface area contributed by atoms with Crippen molar-refractivity contribution in [3.63, 3.8) is 0 Å². The van der Waals surface area contributed by atoms with Gasteiger partial charge in [-0.15, -0.1) is 0 Å². The van der Waals surface area contributed by atoms with E-state index >= 15 is 0 Å². The molecule has 148 valence electrons. The Kier molecular flexibility index (Phi) is 8.24. The van der Waals surface area contributed by atoms with Gasteiger partial charge in [0, 0.05) is 17.4 Å². The van der Waals surface area contributed by atoms with Gasteiger partial charge in [-0.1, -0.05) is 55.0 Å². The second-order valence-corrected chi connectivity index (χ2v) is 8.93. The lowest BCUT2D eigenvalue weighted by Gasteiger charge is -2.12. The highest BCUT2D eigenvalue weighted by atomic mass is 32.2. The molecule has 28 heavy (non-hydrogen) atoms. The third kappa shape index (κ3) is 7.18. The Balaban J connectivity index is 1.78. The van der Waals surface area contributed by atoms with Gasteiger partial charge in [0.15, 0.2) is 9.84 Å². The van der Waals surface area contributed by atoms with E-state index in [0.717, 1.165) is 36.6 Å². The Labute approximate surface area is 166 Å². The van der Waals surface area contributed by atoms with E-state index in [4.69, 9.17) is 5.21 Å². The third-order valence-electron chi connectivity index (χ3n) is 4.43. The summed E-state index contributed by atoms with van der Waals surface area (Å²) < 4.78 is 23.2. The molecule has 2 aromatic rings. The van der Waals surface area contributed by atoms with Gasteiger partial charge >= 0.3 is 0 Å². The lowest BCUT2D eigenvalue weighted by atomic mass is 10.0. The zero-order valence-electron chi connectivity index (χ0n) is 15.9. The molecule has 0 aromatic heterocycles. The van der Waals surface area contributed by atoms with E-state index in [-0.39, 0.29) is 6.42 Å². The van der Waals surface area contributed by atoms with E-state index in [0.29, 0.717) is 6.42 Å². The van der Waals surface area contributed by atoms with E-state index in [1.165, 1.54) is 11.0 Å². The maximum atomic E-state index is 11.6. The van der Waals surface area contributed by atoms with Gasteiger partial charge < -0.3 is 0 Å². The zero-order valence-corrected chi connectivity index (χ0v) is 16.7. The average molecular weight is 400 g/mol. The van der Waals surface area contributed by atoms with Crippen LogP contribution in [-0.4, -0.2) is 31.0 Å². The van der Waals surface area contributed by atoms with Gasteiger partial charge in [-0.2, -0.15) is 0 Å². The summed E-state index contributed by atoms with van der Waals surface area (Å²) in [4.78, 5) is 11.5. The highest BCUT2D eigenvalue weighted by Gasteiger charge is 2.27. The van der Waals surface area contributed by atoms with Crippen LogP contribution in [0.2, 0.25) is 0 Å². The monoisotopic (exact) mass is 399 g/mol. The minimum atomic E-state index is -3.53. The Bertz CT molecular complexity index is 926. The van der Waals surface area contributed by atoms with E-state index < -0.39 is 21.0 Å². The molecule has 0 saturated carbocycles. The minimum Gasteiger partial charge on any atom is -0.289 e. The molecule has 0 radical (unpaired) electrons. The van der Waals surface area contributed by atoms with Gasteiger partial charge in [-0.3, -0.25) is 10.0 Å². The molecule has 0 bridgehead atoms. The molecule has 1 unspecified atom stereocenters. The largest absolute Gasteiger partial charge is 0.289 e. The van der Waals surface area contributed by atoms with Crippen LogP contribution in [0.15, 0.2) is 54.6 Å². The number of hydrogen-bond acceptors (Lipinski definition) is 4. The molecule has 0 saturated heterocycles. The summed E-state index contributed by atoms with van der Waals surface area (Å²) in [6.07, 6.45) is 4.40. The summed E-state index contributed by atoms with van der Waals surface area (Å²) in [5.41, 5.74) is 4.57. The topological polar surface area (TPSA) is 83.5 Å². The first-order valence-corrected chi connectivity index (χ1v) is 11.1. The number of nitrogens with one attached hydrogen (secondary N) is 1. The molecule has 0 heterocycles. The number of carbonyl (C=O) groups excluding carboxylic acids is 1. The van der Waals surface area contributed by atoms with Gasteiger partial charge in [-0.05, 0) is 49.1 Å². The molecule has 0 aliphatic carbocycles. The first-order valence-electron chi connectivity index (χ1n) is 9.19. The standard InChI is InChI=1S/C22H25NO4S/c1-28(26,27)21(22(24)23-25)11-7-3-6-10-19-13-16-20(17-14-19)15-12-18-8-4-2-5-9-18/h2,4-5,8-9,13-14,16-17,21,25H,3,6-7,10-11H2,1H3,(H,23,24). The maximum absolute atomic E-state index is 11.6. The van der Waals surface area contributed by atoms with Crippen molar-refractivity contribution in [2.75, 3.05) is 6.26 Å². The summed E-state index contributed by atoms with van der Waals surface area (Å²) in [6, 6.07) is 17.9. The van der Waals surface area contributed by atoms with Crippen molar-refractivity contribution in [2.24, 2.45) is 0 Å². The molecule has 2 N–H and O–H groups in total. The molecule has 1 atom stereocenters. The summed E-state index contributed by atoms with van der Waals surface area (Å²) >= 11 is 0. The van der Waals surface area contributed by atoms with Crippen LogP contribution in [0, 0.1) is 11.8 Å². The van der Waals surface area contributed by atoms with Crippen LogP contribution >= 0.6 is 0 Å². The molecular weight excluding hydrogens is 374 g/mol. The molecule has 2 aromatic carbocycles. The molecule has 0 aliphatic heterocycles. The zero-order chi connectivity index (χ0) is 20.4. The Morgan fingerprint density at radius 3 is 2.14 bits per heavy atom. The average Bonchev–Trinajstić information content (AvgIpc) is 2.69. The number of benzene rings is 2. The van der Waals surface area contributed by atoms with Crippen LogP contribution in [0.3, 0.4) is 0 Å². The van der Waals surface area contributed by atoms with Gasteiger partial charge in [-0.25, -0.2) is 13.9 Å². The number of hydrogen-bond donors (Lipinski definition) is 2. The number of hydroxylamine groups is 1. The first-order chi connectivity index (χ1) is 13.4. The predicted octanol–water partition coefficient (Wildman–Crippen LogP) is 3.11. The van der Waals surface area contributed by atoms with Gasteiger partial charge in [0.05, 0.1) is 0 Å². The Morgan fingerprint density at radius 1 is 0.964 bits per heavy atom. The molecule has 5 nitrogen and oxygen atoms in total. The highest BCUT2D eigenvalue weighted by Crippen LogP contribution is 2.14. The van der Waals surface area contributed by atoms with Gasteiger partial charge in [0.1, 0.15) is 5.25 Å². The fourth-order valence-corrected chi connectivity index (χ4v) is 3.90. The summed E-state index contributed by atoms with van der Waals surface area (Å²) in [7, 11) is -3.53. The highest BCUT2D eigenvalue weighted by molar-refractivity contribution is 7.92. The number of amides is 1. The SMILES string of the molecule is CS(=O)(=O)C(CCCCCc1ccc(C#Cc2ccccc2)cc1)C(=O)NO. The molecular formula is C22H25NO4S. The van der Waals surface area contributed by atoms with Gasteiger partial charge in [0.2, 0.25) is 0 Å². The normalized spacial score (nSPS) is 11.9. The maximum Gasteiger partial charge on any atom is 0.261 e. The van der Waals surface area contributed by atoms with Crippen LogP contribution in [-0.2, 0) is 21.1 Å². The number of sulfone groups is 1. The van der Waals surface area contributed by atoms with Crippen molar-refractivity contribution in [1.29, 1.82) is 0 Å². The summed E-state index contributed by atoms with van der Waals surface area (Å²) in [5.74, 6) is 5.40. The van der Waals surface area contributed by atoms with Crippen molar-refractivity contribution in [3.05, 3.63) is 71.3 Å². The van der Waals surface area contributed by atoms with Crippen LogP contribution in [0.1, 0.15) is 42.4 Å².